The molecule has 0 spiro atoms. The fraction of sp³-hybridized carbons (Fsp3) is 0.500. The Morgan fingerprint density at radius 1 is 0.973 bits per heavy atom. The lowest BCUT2D eigenvalue weighted by atomic mass is 9.95. The van der Waals surface area contributed by atoms with Crippen LogP contribution in [-0.2, 0) is 20.7 Å². The summed E-state index contributed by atoms with van der Waals surface area (Å²) in [4.78, 5) is 41.5. The highest BCUT2D eigenvalue weighted by atomic mass is 16.6. The van der Waals surface area contributed by atoms with Gasteiger partial charge in [0.2, 0.25) is 11.8 Å². The van der Waals surface area contributed by atoms with Crippen LogP contribution in [0.1, 0.15) is 75.3 Å². The van der Waals surface area contributed by atoms with Crippen molar-refractivity contribution in [3.8, 4) is 0 Å². The number of rotatable bonds is 11. The van der Waals surface area contributed by atoms with Crippen molar-refractivity contribution in [2.75, 3.05) is 13.6 Å². The van der Waals surface area contributed by atoms with E-state index in [-0.39, 0.29) is 18.2 Å². The van der Waals surface area contributed by atoms with Crippen LogP contribution in [0.5, 0.6) is 0 Å². The number of alkyl carbamates (subject to hydrolysis) is 1. The number of carbonyl (C=O) groups is 3. The molecule has 2 N–H and O–H groups in total. The topological polar surface area (TPSA) is 87.7 Å². The van der Waals surface area contributed by atoms with Gasteiger partial charge in [-0.25, -0.2) is 4.79 Å². The van der Waals surface area contributed by atoms with Crippen LogP contribution in [0.25, 0.3) is 0 Å². The molecule has 0 fully saturated rings. The molecule has 2 atom stereocenters. The molecule has 0 aliphatic heterocycles. The molecule has 0 bridgehead atoms. The van der Waals surface area contributed by atoms with E-state index < -0.39 is 23.8 Å². The molecule has 0 saturated carbocycles. The maximum absolute atomic E-state index is 13.9. The summed E-state index contributed by atoms with van der Waals surface area (Å²) in [6, 6.07) is 13.5. The molecule has 0 saturated heterocycles. The molecule has 2 unspecified atom stereocenters. The van der Waals surface area contributed by atoms with Gasteiger partial charge in [0.05, 0.1) is 0 Å². The number of amides is 3. The number of nitrogens with one attached hydrogen (secondary N) is 2. The Balaban J connectivity index is 2.40. The highest BCUT2D eigenvalue weighted by molar-refractivity contribution is 5.92. The zero-order chi connectivity index (χ0) is 27.6. The van der Waals surface area contributed by atoms with Gasteiger partial charge in [0.25, 0.3) is 0 Å². The van der Waals surface area contributed by atoms with Crippen molar-refractivity contribution in [2.24, 2.45) is 0 Å². The van der Waals surface area contributed by atoms with Crippen molar-refractivity contribution in [3.63, 3.8) is 0 Å². The number of nitrogens with zero attached hydrogens (tertiary/aromatic N) is 1. The Hall–Kier alpha value is -3.35. The Morgan fingerprint density at radius 2 is 1.65 bits per heavy atom. The molecule has 0 aromatic heterocycles. The number of aryl methyl sites for hydroxylation is 1. The Morgan fingerprint density at radius 3 is 2.27 bits per heavy atom. The zero-order valence-corrected chi connectivity index (χ0v) is 23.4. The molecule has 7 heteroatoms. The molecule has 3 amide bonds. The summed E-state index contributed by atoms with van der Waals surface area (Å²) in [5.41, 5.74) is 2.93. The SMILES string of the molecule is CCCCCNC(=O)C(c1cccc(C)c1C)N(C)C(=O)C(Cc1ccccc1)NC(=O)OC(C)(C)C. The number of unbranched alkanes of at least 4 members (excludes halogenated alkanes) is 2. The predicted molar refractivity (Wildman–Crippen MR) is 147 cm³/mol. The van der Waals surface area contributed by atoms with Gasteiger partial charge in [-0.2, -0.15) is 0 Å². The summed E-state index contributed by atoms with van der Waals surface area (Å²) in [6.45, 7) is 11.9. The molecule has 0 radical (unpaired) electrons. The molecule has 2 rings (SSSR count). The second-order valence-electron chi connectivity index (χ2n) is 10.5. The fourth-order valence-electron chi connectivity index (χ4n) is 4.15. The van der Waals surface area contributed by atoms with Crippen molar-refractivity contribution in [3.05, 3.63) is 70.8 Å². The molecule has 2 aromatic rings. The average molecular weight is 510 g/mol. The van der Waals surface area contributed by atoms with Crippen LogP contribution < -0.4 is 10.6 Å². The van der Waals surface area contributed by atoms with Crippen molar-refractivity contribution >= 4 is 17.9 Å². The molecule has 0 heterocycles. The Labute approximate surface area is 222 Å². The molecule has 37 heavy (non-hydrogen) atoms. The van der Waals surface area contributed by atoms with Crippen molar-refractivity contribution in [1.82, 2.24) is 15.5 Å². The van der Waals surface area contributed by atoms with E-state index in [0.29, 0.717) is 6.54 Å². The van der Waals surface area contributed by atoms with Gasteiger partial charge in [-0.15, -0.1) is 0 Å². The minimum absolute atomic E-state index is 0.239. The third-order valence-electron chi connectivity index (χ3n) is 6.28. The maximum Gasteiger partial charge on any atom is 0.408 e. The van der Waals surface area contributed by atoms with Crippen LogP contribution in [0.3, 0.4) is 0 Å². The lowest BCUT2D eigenvalue weighted by Crippen LogP contribution is -2.52. The van der Waals surface area contributed by atoms with Crippen LogP contribution >= 0.6 is 0 Å². The zero-order valence-electron chi connectivity index (χ0n) is 23.4. The number of ether oxygens (including phenoxy) is 1. The largest absolute Gasteiger partial charge is 0.444 e. The first-order valence-electron chi connectivity index (χ1n) is 13.1. The highest BCUT2D eigenvalue weighted by Gasteiger charge is 2.35. The third-order valence-corrected chi connectivity index (χ3v) is 6.28. The van der Waals surface area contributed by atoms with Gasteiger partial charge in [-0.3, -0.25) is 9.59 Å². The lowest BCUT2D eigenvalue weighted by molar-refractivity contribution is -0.140. The second kappa shape index (κ2) is 13.8. The van der Waals surface area contributed by atoms with Crippen molar-refractivity contribution in [2.45, 2.75) is 84.9 Å². The van der Waals surface area contributed by atoms with E-state index in [0.717, 1.165) is 41.5 Å². The first-order valence-corrected chi connectivity index (χ1v) is 13.1. The summed E-state index contributed by atoms with van der Waals surface area (Å²) in [6.07, 6.45) is 2.52. The summed E-state index contributed by atoms with van der Waals surface area (Å²) in [7, 11) is 1.62. The highest BCUT2D eigenvalue weighted by Crippen LogP contribution is 2.26. The van der Waals surface area contributed by atoms with E-state index in [2.05, 4.69) is 17.6 Å². The van der Waals surface area contributed by atoms with Gasteiger partial charge in [0.15, 0.2) is 0 Å². The van der Waals surface area contributed by atoms with E-state index >= 15 is 0 Å². The fourth-order valence-corrected chi connectivity index (χ4v) is 4.15. The third kappa shape index (κ3) is 9.23. The second-order valence-corrected chi connectivity index (χ2v) is 10.5. The number of hydrogen-bond acceptors (Lipinski definition) is 4. The van der Waals surface area contributed by atoms with E-state index in [1.165, 1.54) is 4.90 Å². The van der Waals surface area contributed by atoms with Crippen LogP contribution in [0.2, 0.25) is 0 Å². The molecule has 0 aliphatic carbocycles. The van der Waals surface area contributed by atoms with Crippen LogP contribution in [0.4, 0.5) is 4.79 Å². The molecular formula is C30H43N3O4. The number of carbonyl (C=O) groups excluding carboxylic acids is 3. The minimum Gasteiger partial charge on any atom is -0.444 e. The number of likely N-dealkylation sites (N-methyl/N-ethyl adjacent to an activating group) is 1. The minimum atomic E-state index is -0.914. The monoisotopic (exact) mass is 509 g/mol. The molecule has 202 valence electrons. The van der Waals surface area contributed by atoms with Crippen LogP contribution in [0.15, 0.2) is 48.5 Å². The Bertz CT molecular complexity index is 1050. The lowest BCUT2D eigenvalue weighted by Gasteiger charge is -2.32. The van der Waals surface area contributed by atoms with E-state index in [9.17, 15) is 14.4 Å². The first kappa shape index (κ1) is 29.9. The quantitative estimate of drug-likeness (QED) is 0.405. The normalized spacial score (nSPS) is 12.8. The molecule has 7 nitrogen and oxygen atoms in total. The van der Waals surface area contributed by atoms with Crippen LogP contribution in [-0.4, -0.2) is 48.0 Å². The number of benzene rings is 2. The average Bonchev–Trinajstić information content (AvgIpc) is 2.83. The van der Waals surface area contributed by atoms with Gasteiger partial charge in [0, 0.05) is 20.0 Å². The van der Waals surface area contributed by atoms with Gasteiger partial charge < -0.3 is 20.3 Å². The first-order chi connectivity index (χ1) is 17.4. The van der Waals surface area contributed by atoms with Crippen molar-refractivity contribution < 1.29 is 19.1 Å². The number of hydrogen-bond donors (Lipinski definition) is 2. The van der Waals surface area contributed by atoms with E-state index in [4.69, 9.17) is 4.74 Å². The molecule has 2 aromatic carbocycles. The summed E-state index contributed by atoms with van der Waals surface area (Å²) in [5, 5.41) is 5.76. The van der Waals surface area contributed by atoms with Gasteiger partial charge >= 0.3 is 6.09 Å². The summed E-state index contributed by atoms with van der Waals surface area (Å²) in [5.74, 6) is -0.610. The Kier molecular flexibility index (Phi) is 11.2. The summed E-state index contributed by atoms with van der Waals surface area (Å²) < 4.78 is 5.44. The molecular weight excluding hydrogens is 466 g/mol. The van der Waals surface area contributed by atoms with E-state index in [1.54, 1.807) is 27.8 Å². The van der Waals surface area contributed by atoms with E-state index in [1.807, 2.05) is 62.4 Å². The van der Waals surface area contributed by atoms with Gasteiger partial charge in [-0.05, 0) is 63.3 Å². The molecule has 0 aliphatic rings. The van der Waals surface area contributed by atoms with Gasteiger partial charge in [-0.1, -0.05) is 68.3 Å². The predicted octanol–water partition coefficient (Wildman–Crippen LogP) is 5.25. The smallest absolute Gasteiger partial charge is 0.408 e. The standard InChI is InChI=1S/C30H43N3O4/c1-8-9-13-19-31-27(34)26(24-18-14-15-21(2)22(24)3)33(7)28(35)25(20-23-16-11-10-12-17-23)32-29(36)37-30(4,5)6/h10-12,14-18,25-26H,8-9,13,19-20H2,1-7H3,(H,31,34)(H,32,36). The van der Waals surface area contributed by atoms with Gasteiger partial charge in [0.1, 0.15) is 17.7 Å². The van der Waals surface area contributed by atoms with Crippen molar-refractivity contribution in [1.29, 1.82) is 0 Å². The summed E-state index contributed by atoms with van der Waals surface area (Å²) >= 11 is 0. The maximum atomic E-state index is 13.9. The van der Waals surface area contributed by atoms with Crippen LogP contribution in [0, 0.1) is 13.8 Å².